The number of aldehydes is 1. The van der Waals surface area contributed by atoms with Crippen LogP contribution in [0.4, 0.5) is 4.79 Å². The summed E-state index contributed by atoms with van der Waals surface area (Å²) in [7, 11) is 0. The van der Waals surface area contributed by atoms with E-state index in [1.807, 2.05) is 0 Å². The largest absolute Gasteiger partial charge is 0.504 e. The number of ether oxygens (including phenoxy) is 2. The number of nitrogens with one attached hydrogen (secondary N) is 1. The first kappa shape index (κ1) is 15.8. The maximum Gasteiger partial charge on any atom is 0.407 e. The van der Waals surface area contributed by atoms with Gasteiger partial charge in [-0.2, -0.15) is 0 Å². The molecule has 110 valence electrons. The molecule has 0 heterocycles. The molecule has 0 aliphatic heterocycles. The van der Waals surface area contributed by atoms with Crippen molar-refractivity contribution in [2.75, 3.05) is 13.2 Å². The monoisotopic (exact) mass is 281 g/mol. The van der Waals surface area contributed by atoms with Gasteiger partial charge in [0.25, 0.3) is 0 Å². The number of phenols is 1. The normalized spacial score (nSPS) is 10.8. The van der Waals surface area contributed by atoms with Gasteiger partial charge in [-0.1, -0.05) is 0 Å². The van der Waals surface area contributed by atoms with Crippen molar-refractivity contribution >= 4 is 12.4 Å². The minimum Gasteiger partial charge on any atom is -0.504 e. The number of carbonyl (C=O) groups is 2. The highest BCUT2D eigenvalue weighted by atomic mass is 16.6. The summed E-state index contributed by atoms with van der Waals surface area (Å²) < 4.78 is 10.3. The lowest BCUT2D eigenvalue weighted by Gasteiger charge is -2.19. The molecule has 0 aromatic heterocycles. The Morgan fingerprint density at radius 1 is 1.40 bits per heavy atom. The van der Waals surface area contributed by atoms with Crippen molar-refractivity contribution in [3.05, 3.63) is 23.8 Å². The van der Waals surface area contributed by atoms with Gasteiger partial charge in [0.15, 0.2) is 11.5 Å². The van der Waals surface area contributed by atoms with Crippen molar-refractivity contribution in [2.24, 2.45) is 0 Å². The van der Waals surface area contributed by atoms with Gasteiger partial charge in [0.05, 0.1) is 6.54 Å². The highest BCUT2D eigenvalue weighted by Gasteiger charge is 2.15. The predicted molar refractivity (Wildman–Crippen MR) is 73.2 cm³/mol. The minimum absolute atomic E-state index is 0.119. The van der Waals surface area contributed by atoms with Crippen LogP contribution in [-0.2, 0) is 4.74 Å². The van der Waals surface area contributed by atoms with Gasteiger partial charge in [0, 0.05) is 5.56 Å². The predicted octanol–water partition coefficient (Wildman–Crippen LogP) is 2.11. The zero-order chi connectivity index (χ0) is 15.2. The van der Waals surface area contributed by atoms with Gasteiger partial charge in [-0.15, -0.1) is 0 Å². The molecule has 0 atom stereocenters. The van der Waals surface area contributed by atoms with Gasteiger partial charge in [-0.05, 0) is 39.0 Å². The molecular weight excluding hydrogens is 262 g/mol. The summed E-state index contributed by atoms with van der Waals surface area (Å²) >= 11 is 0. The van der Waals surface area contributed by atoms with E-state index in [9.17, 15) is 14.7 Å². The Bertz CT molecular complexity index is 479. The summed E-state index contributed by atoms with van der Waals surface area (Å²) in [5, 5.41) is 12.1. The van der Waals surface area contributed by atoms with Crippen molar-refractivity contribution in [3.8, 4) is 11.5 Å². The molecule has 0 fully saturated rings. The third-order valence-electron chi connectivity index (χ3n) is 2.15. The number of benzene rings is 1. The molecule has 6 heteroatoms. The Morgan fingerprint density at radius 3 is 2.65 bits per heavy atom. The molecule has 20 heavy (non-hydrogen) atoms. The van der Waals surface area contributed by atoms with Crippen LogP contribution in [0.3, 0.4) is 0 Å². The van der Waals surface area contributed by atoms with E-state index in [2.05, 4.69) is 5.32 Å². The van der Waals surface area contributed by atoms with E-state index in [0.717, 1.165) is 0 Å². The van der Waals surface area contributed by atoms with Gasteiger partial charge >= 0.3 is 6.09 Å². The SMILES string of the molecule is CC(C)(C)OC(=O)NCCOc1ccc(C=O)cc1O. The number of carbonyl (C=O) groups excluding carboxylic acids is 2. The molecule has 0 saturated heterocycles. The number of amides is 1. The summed E-state index contributed by atoms with van der Waals surface area (Å²) in [6, 6.07) is 4.33. The van der Waals surface area contributed by atoms with Crippen LogP contribution < -0.4 is 10.1 Å². The highest BCUT2D eigenvalue weighted by Crippen LogP contribution is 2.25. The summed E-state index contributed by atoms with van der Waals surface area (Å²) in [5.74, 6) is 0.133. The molecule has 1 aromatic carbocycles. The molecule has 1 rings (SSSR count). The van der Waals surface area contributed by atoms with Crippen LogP contribution in [0.1, 0.15) is 31.1 Å². The number of alkyl carbamates (subject to hydrolysis) is 1. The molecule has 0 bridgehead atoms. The van der Waals surface area contributed by atoms with Crippen LogP contribution in [-0.4, -0.2) is 36.2 Å². The average molecular weight is 281 g/mol. The number of hydrogen-bond acceptors (Lipinski definition) is 5. The second-order valence-electron chi connectivity index (χ2n) is 5.12. The summed E-state index contributed by atoms with van der Waals surface area (Å²) in [4.78, 5) is 21.8. The topological polar surface area (TPSA) is 84.9 Å². The van der Waals surface area contributed by atoms with E-state index in [0.29, 0.717) is 11.8 Å². The Hall–Kier alpha value is -2.24. The Labute approximate surface area is 117 Å². The first-order valence-electron chi connectivity index (χ1n) is 6.19. The molecule has 0 saturated carbocycles. The first-order valence-corrected chi connectivity index (χ1v) is 6.19. The molecule has 1 aromatic rings. The van der Waals surface area contributed by atoms with E-state index in [1.54, 1.807) is 20.8 Å². The quantitative estimate of drug-likeness (QED) is 0.638. The van der Waals surface area contributed by atoms with Gasteiger partial charge in [-0.3, -0.25) is 4.79 Å². The zero-order valence-electron chi connectivity index (χ0n) is 11.8. The van der Waals surface area contributed by atoms with Crippen LogP contribution in [0.2, 0.25) is 0 Å². The first-order chi connectivity index (χ1) is 9.31. The maximum absolute atomic E-state index is 11.3. The zero-order valence-corrected chi connectivity index (χ0v) is 11.8. The fourth-order valence-electron chi connectivity index (χ4n) is 1.36. The number of rotatable bonds is 5. The smallest absolute Gasteiger partial charge is 0.407 e. The molecule has 0 aliphatic carbocycles. The number of aromatic hydroxyl groups is 1. The van der Waals surface area contributed by atoms with E-state index < -0.39 is 11.7 Å². The lowest BCUT2D eigenvalue weighted by molar-refractivity contribution is 0.0520. The second-order valence-corrected chi connectivity index (χ2v) is 5.12. The lowest BCUT2D eigenvalue weighted by atomic mass is 10.2. The molecular formula is C14H19NO5. The fraction of sp³-hybridized carbons (Fsp3) is 0.429. The molecule has 1 amide bonds. The highest BCUT2D eigenvalue weighted by molar-refractivity contribution is 5.76. The number of hydrogen-bond donors (Lipinski definition) is 2. The van der Waals surface area contributed by atoms with Gasteiger partial charge in [0.1, 0.15) is 18.5 Å². The van der Waals surface area contributed by atoms with Crippen LogP contribution in [0.25, 0.3) is 0 Å². The van der Waals surface area contributed by atoms with E-state index >= 15 is 0 Å². The van der Waals surface area contributed by atoms with Crippen LogP contribution >= 0.6 is 0 Å². The van der Waals surface area contributed by atoms with Crippen molar-refractivity contribution in [1.29, 1.82) is 0 Å². The third-order valence-corrected chi connectivity index (χ3v) is 2.15. The molecule has 6 nitrogen and oxygen atoms in total. The maximum atomic E-state index is 11.3. The van der Waals surface area contributed by atoms with E-state index in [4.69, 9.17) is 9.47 Å². The second kappa shape index (κ2) is 6.79. The summed E-state index contributed by atoms with van der Waals surface area (Å²) in [5.41, 5.74) is -0.185. The third kappa shape index (κ3) is 5.60. The standard InChI is InChI=1S/C14H19NO5/c1-14(2,3)20-13(18)15-6-7-19-12-5-4-10(9-16)8-11(12)17/h4-5,8-9,17H,6-7H2,1-3H3,(H,15,18). The van der Waals surface area contributed by atoms with E-state index in [-0.39, 0.29) is 24.7 Å². The van der Waals surface area contributed by atoms with Crippen molar-refractivity contribution in [2.45, 2.75) is 26.4 Å². The van der Waals surface area contributed by atoms with Gasteiger partial charge in [-0.25, -0.2) is 4.79 Å². The molecule has 0 radical (unpaired) electrons. The Balaban J connectivity index is 2.34. The Morgan fingerprint density at radius 2 is 2.10 bits per heavy atom. The van der Waals surface area contributed by atoms with Crippen molar-refractivity contribution in [1.82, 2.24) is 5.32 Å². The lowest BCUT2D eigenvalue weighted by Crippen LogP contribution is -2.34. The summed E-state index contributed by atoms with van der Waals surface area (Å²) in [6.07, 6.45) is 0.106. The van der Waals surface area contributed by atoms with E-state index in [1.165, 1.54) is 18.2 Å². The van der Waals surface area contributed by atoms with Crippen LogP contribution in [0.5, 0.6) is 11.5 Å². The van der Waals surface area contributed by atoms with Crippen molar-refractivity contribution < 1.29 is 24.2 Å². The molecule has 0 unspecified atom stereocenters. The average Bonchev–Trinajstić information content (AvgIpc) is 2.33. The Kier molecular flexibility index (Phi) is 5.37. The van der Waals surface area contributed by atoms with Crippen LogP contribution in [0, 0.1) is 0 Å². The molecule has 0 spiro atoms. The van der Waals surface area contributed by atoms with Crippen LogP contribution in [0.15, 0.2) is 18.2 Å². The van der Waals surface area contributed by atoms with Gasteiger partial charge in [0.2, 0.25) is 0 Å². The summed E-state index contributed by atoms with van der Waals surface area (Å²) in [6.45, 7) is 5.73. The van der Waals surface area contributed by atoms with Crippen molar-refractivity contribution in [3.63, 3.8) is 0 Å². The fourth-order valence-corrected chi connectivity index (χ4v) is 1.36. The molecule has 0 aliphatic rings. The minimum atomic E-state index is -0.548. The molecule has 2 N–H and O–H groups in total. The number of phenolic OH excluding ortho intramolecular Hbond substituents is 1. The van der Waals surface area contributed by atoms with Gasteiger partial charge < -0.3 is 19.9 Å².